The van der Waals surface area contributed by atoms with Crippen LogP contribution in [0, 0.1) is 0 Å². The number of carboxylic acid groups (broad SMARTS) is 1. The molecule has 0 radical (unpaired) electrons. The first-order valence-electron chi connectivity index (χ1n) is 9.23. The van der Waals surface area contributed by atoms with E-state index in [2.05, 4.69) is 45.0 Å². The fourth-order valence-corrected chi connectivity index (χ4v) is 2.69. The Balaban J connectivity index is 2.60. The van der Waals surface area contributed by atoms with Gasteiger partial charge in [-0.25, -0.2) is 0 Å². The van der Waals surface area contributed by atoms with Crippen LogP contribution in [-0.2, 0) is 26.2 Å². The van der Waals surface area contributed by atoms with Crippen LogP contribution in [0.25, 0.3) is 0 Å². The number of benzene rings is 1. The van der Waals surface area contributed by atoms with Crippen molar-refractivity contribution in [1.82, 2.24) is 0 Å². The fourth-order valence-electron chi connectivity index (χ4n) is 2.69. The second-order valence-electron chi connectivity index (χ2n) is 7.63. The monoisotopic (exact) mass is 348 g/mol. The Morgan fingerprint density at radius 1 is 1.08 bits per heavy atom. The molecule has 0 amide bonds. The minimum atomic E-state index is -0.809. The largest absolute Gasteiger partial charge is 0.481 e. The predicted octanol–water partition coefficient (Wildman–Crippen LogP) is 4.88. The van der Waals surface area contributed by atoms with Crippen molar-refractivity contribution in [3.05, 3.63) is 35.4 Å². The van der Waals surface area contributed by atoms with Crippen LogP contribution in [0.4, 0.5) is 0 Å². The summed E-state index contributed by atoms with van der Waals surface area (Å²) in [6.45, 7) is 8.51. The zero-order chi connectivity index (χ0) is 18.9. The van der Waals surface area contributed by atoms with Crippen LogP contribution in [0.15, 0.2) is 24.3 Å². The van der Waals surface area contributed by atoms with Crippen LogP contribution >= 0.6 is 0 Å². The van der Waals surface area contributed by atoms with E-state index in [0.29, 0.717) is 19.3 Å². The molecule has 1 atom stereocenters. The summed E-state index contributed by atoms with van der Waals surface area (Å²) in [6, 6.07) is 8.56. The number of aliphatic carboxylic acids is 1. The molecule has 0 saturated heterocycles. The van der Waals surface area contributed by atoms with Gasteiger partial charge in [0.15, 0.2) is 0 Å². The number of carboxylic acids is 1. The van der Waals surface area contributed by atoms with E-state index in [4.69, 9.17) is 9.84 Å². The quantitative estimate of drug-likeness (QED) is 0.612. The maximum absolute atomic E-state index is 11.8. The van der Waals surface area contributed by atoms with Crippen molar-refractivity contribution in [2.24, 2.45) is 0 Å². The Morgan fingerprint density at radius 3 is 2.24 bits per heavy atom. The minimum absolute atomic E-state index is 0.113. The number of carbonyl (C=O) groups excluding carboxylic acids is 1. The average molecular weight is 348 g/mol. The molecule has 0 aliphatic heterocycles. The first-order valence-corrected chi connectivity index (χ1v) is 9.23. The molecular formula is C21H32O4. The van der Waals surface area contributed by atoms with E-state index in [1.807, 2.05) is 6.92 Å². The van der Waals surface area contributed by atoms with E-state index in [9.17, 15) is 9.59 Å². The molecule has 1 rings (SSSR count). The molecule has 25 heavy (non-hydrogen) atoms. The highest BCUT2D eigenvalue weighted by Crippen LogP contribution is 2.23. The van der Waals surface area contributed by atoms with Gasteiger partial charge in [0.25, 0.3) is 0 Å². The minimum Gasteiger partial charge on any atom is -0.481 e. The van der Waals surface area contributed by atoms with Gasteiger partial charge in [-0.1, -0.05) is 52.0 Å². The van der Waals surface area contributed by atoms with E-state index in [0.717, 1.165) is 19.3 Å². The molecule has 1 unspecified atom stereocenters. The summed E-state index contributed by atoms with van der Waals surface area (Å²) in [7, 11) is 0. The van der Waals surface area contributed by atoms with Gasteiger partial charge in [-0.05, 0) is 48.6 Å². The van der Waals surface area contributed by atoms with E-state index in [1.54, 1.807) is 0 Å². The van der Waals surface area contributed by atoms with E-state index in [1.165, 1.54) is 11.1 Å². The van der Waals surface area contributed by atoms with Crippen LogP contribution in [0.3, 0.4) is 0 Å². The number of hydrogen-bond donors (Lipinski definition) is 1. The van der Waals surface area contributed by atoms with Crippen molar-refractivity contribution < 1.29 is 19.4 Å². The number of carbonyl (C=O) groups is 2. The average Bonchev–Trinajstić information content (AvgIpc) is 2.52. The molecule has 140 valence electrons. The maximum atomic E-state index is 11.8. The number of rotatable bonds is 10. The molecule has 0 aliphatic carbocycles. The normalized spacial score (nSPS) is 12.6. The van der Waals surface area contributed by atoms with E-state index >= 15 is 0 Å². The summed E-state index contributed by atoms with van der Waals surface area (Å²) in [5.41, 5.74) is 2.64. The summed E-state index contributed by atoms with van der Waals surface area (Å²) < 4.78 is 5.54. The Bertz CT molecular complexity index is 540. The van der Waals surface area contributed by atoms with Gasteiger partial charge in [0.1, 0.15) is 6.10 Å². The zero-order valence-corrected chi connectivity index (χ0v) is 16.0. The first kappa shape index (κ1) is 21.2. The van der Waals surface area contributed by atoms with Crippen LogP contribution < -0.4 is 0 Å². The van der Waals surface area contributed by atoms with Crippen molar-refractivity contribution >= 4 is 11.9 Å². The zero-order valence-electron chi connectivity index (χ0n) is 16.0. The lowest BCUT2D eigenvalue weighted by molar-refractivity contribution is -0.149. The highest BCUT2D eigenvalue weighted by molar-refractivity contribution is 5.69. The smallest absolute Gasteiger partial charge is 0.306 e. The maximum Gasteiger partial charge on any atom is 0.306 e. The van der Waals surface area contributed by atoms with Gasteiger partial charge in [0.2, 0.25) is 0 Å². The molecule has 0 fully saturated rings. The molecule has 0 spiro atoms. The highest BCUT2D eigenvalue weighted by atomic mass is 16.5. The van der Waals surface area contributed by atoms with Gasteiger partial charge in [-0.2, -0.15) is 0 Å². The fraction of sp³-hybridized carbons (Fsp3) is 0.619. The lowest BCUT2D eigenvalue weighted by Gasteiger charge is -2.20. The Labute approximate surface area is 151 Å². The molecule has 0 bridgehead atoms. The highest BCUT2D eigenvalue weighted by Gasteiger charge is 2.16. The molecule has 0 heterocycles. The van der Waals surface area contributed by atoms with E-state index in [-0.39, 0.29) is 23.9 Å². The Kier molecular flexibility index (Phi) is 8.67. The number of esters is 1. The molecule has 1 aromatic rings. The predicted molar refractivity (Wildman–Crippen MR) is 99.7 cm³/mol. The van der Waals surface area contributed by atoms with Gasteiger partial charge in [-0.3, -0.25) is 9.59 Å². The summed E-state index contributed by atoms with van der Waals surface area (Å²) in [5.74, 6) is -0.998. The second-order valence-corrected chi connectivity index (χ2v) is 7.63. The molecule has 1 N–H and O–H groups in total. The molecule has 4 heteroatoms. The van der Waals surface area contributed by atoms with Crippen molar-refractivity contribution in [3.8, 4) is 0 Å². The van der Waals surface area contributed by atoms with Gasteiger partial charge in [-0.15, -0.1) is 0 Å². The molecule has 0 saturated carbocycles. The molecule has 0 aliphatic rings. The van der Waals surface area contributed by atoms with Gasteiger partial charge in [0.05, 0.1) is 0 Å². The standard InChI is InChI=1S/C21H32O4/c1-5-7-20(24)25-18(8-6-9-19(22)23)15-12-16-10-13-17(14-11-16)21(2,3)4/h10-11,13-14,18H,5-9,12,15H2,1-4H3,(H,22,23). The third kappa shape index (κ3) is 8.71. The van der Waals surface area contributed by atoms with Crippen LogP contribution in [-0.4, -0.2) is 23.1 Å². The van der Waals surface area contributed by atoms with Crippen molar-refractivity contribution in [3.63, 3.8) is 0 Å². The van der Waals surface area contributed by atoms with Crippen LogP contribution in [0.2, 0.25) is 0 Å². The van der Waals surface area contributed by atoms with E-state index < -0.39 is 5.97 Å². The summed E-state index contributed by atoms with van der Waals surface area (Å²) >= 11 is 0. The summed E-state index contributed by atoms with van der Waals surface area (Å²) in [5, 5.41) is 8.78. The number of aryl methyl sites for hydroxylation is 1. The lowest BCUT2D eigenvalue weighted by Crippen LogP contribution is -2.19. The van der Waals surface area contributed by atoms with Gasteiger partial charge >= 0.3 is 11.9 Å². The topological polar surface area (TPSA) is 63.6 Å². The van der Waals surface area contributed by atoms with Crippen LogP contribution in [0.1, 0.15) is 77.3 Å². The molecular weight excluding hydrogens is 316 g/mol. The third-order valence-corrected chi connectivity index (χ3v) is 4.24. The number of hydrogen-bond acceptors (Lipinski definition) is 3. The third-order valence-electron chi connectivity index (χ3n) is 4.24. The lowest BCUT2D eigenvalue weighted by atomic mass is 9.86. The summed E-state index contributed by atoms with van der Waals surface area (Å²) in [4.78, 5) is 22.5. The Morgan fingerprint density at radius 2 is 1.72 bits per heavy atom. The molecule has 4 nitrogen and oxygen atoms in total. The van der Waals surface area contributed by atoms with Gasteiger partial charge in [0, 0.05) is 12.8 Å². The van der Waals surface area contributed by atoms with Crippen molar-refractivity contribution in [2.75, 3.05) is 0 Å². The van der Waals surface area contributed by atoms with Gasteiger partial charge < -0.3 is 9.84 Å². The molecule has 1 aromatic carbocycles. The first-order chi connectivity index (χ1) is 11.7. The van der Waals surface area contributed by atoms with Crippen LogP contribution in [0.5, 0.6) is 0 Å². The SMILES string of the molecule is CCCC(=O)OC(CCCC(=O)O)CCc1ccc(C(C)(C)C)cc1. The second kappa shape index (κ2) is 10.2. The number of ether oxygens (including phenoxy) is 1. The van der Waals surface area contributed by atoms with Crippen molar-refractivity contribution in [1.29, 1.82) is 0 Å². The molecule has 0 aromatic heterocycles. The Hall–Kier alpha value is -1.84. The summed E-state index contributed by atoms with van der Waals surface area (Å²) in [6.07, 6.45) is 3.75. The van der Waals surface area contributed by atoms with Crippen molar-refractivity contribution in [2.45, 2.75) is 84.2 Å².